The van der Waals surface area contributed by atoms with Gasteiger partial charge in [0.2, 0.25) is 0 Å². The van der Waals surface area contributed by atoms with Gasteiger partial charge in [-0.15, -0.1) is 0 Å². The number of nitrogens with one attached hydrogen (secondary N) is 2. The minimum Gasteiger partial charge on any atom is -0.383 e. The summed E-state index contributed by atoms with van der Waals surface area (Å²) in [5.41, 5.74) is 9.33. The van der Waals surface area contributed by atoms with Gasteiger partial charge in [0.05, 0.1) is 23.1 Å². The van der Waals surface area contributed by atoms with Crippen molar-refractivity contribution in [3.63, 3.8) is 0 Å². The van der Waals surface area contributed by atoms with Crippen molar-refractivity contribution in [2.45, 2.75) is 25.6 Å². The summed E-state index contributed by atoms with van der Waals surface area (Å²) in [6, 6.07) is 7.65. The Morgan fingerprint density at radius 1 is 1.25 bits per heavy atom. The summed E-state index contributed by atoms with van der Waals surface area (Å²) in [7, 11) is 0. The first kappa shape index (κ1) is 18.3. The second-order valence-electron chi connectivity index (χ2n) is 6.46. The molecule has 146 valence electrons. The van der Waals surface area contributed by atoms with E-state index in [2.05, 4.69) is 25.6 Å². The molecular formula is C18H19F2N7O. The van der Waals surface area contributed by atoms with E-state index in [4.69, 9.17) is 5.73 Å². The van der Waals surface area contributed by atoms with Crippen molar-refractivity contribution in [1.29, 1.82) is 0 Å². The second kappa shape index (κ2) is 7.49. The van der Waals surface area contributed by atoms with E-state index >= 15 is 0 Å². The first-order chi connectivity index (χ1) is 13.5. The van der Waals surface area contributed by atoms with Crippen LogP contribution in [0.5, 0.6) is 0 Å². The number of halogens is 2. The van der Waals surface area contributed by atoms with Gasteiger partial charge in [0.15, 0.2) is 0 Å². The summed E-state index contributed by atoms with van der Waals surface area (Å²) in [4.78, 5) is 4.48. The Kier molecular flexibility index (Phi) is 4.88. The van der Waals surface area contributed by atoms with Gasteiger partial charge in [0, 0.05) is 36.3 Å². The van der Waals surface area contributed by atoms with E-state index in [-0.39, 0.29) is 6.42 Å². The maximum atomic E-state index is 12.2. The van der Waals surface area contributed by atoms with Gasteiger partial charge in [-0.25, -0.2) is 13.8 Å². The predicted octanol–water partition coefficient (Wildman–Crippen LogP) is 2.12. The number of anilines is 1. The zero-order chi connectivity index (χ0) is 19.7. The molecule has 1 atom stereocenters. The van der Waals surface area contributed by atoms with Crippen molar-refractivity contribution in [1.82, 2.24) is 30.3 Å². The monoisotopic (exact) mass is 387 g/mol. The van der Waals surface area contributed by atoms with Gasteiger partial charge in [-0.1, -0.05) is 6.07 Å². The van der Waals surface area contributed by atoms with Crippen LogP contribution in [0.25, 0.3) is 33.1 Å². The third-order valence-corrected chi connectivity index (χ3v) is 4.48. The predicted molar refractivity (Wildman–Crippen MR) is 102 cm³/mol. The molecule has 0 bridgehead atoms. The van der Waals surface area contributed by atoms with Crippen molar-refractivity contribution < 1.29 is 13.9 Å². The number of aliphatic hydroxyl groups is 1. The van der Waals surface area contributed by atoms with E-state index in [1.807, 2.05) is 24.3 Å². The molecule has 8 nitrogen and oxygen atoms in total. The van der Waals surface area contributed by atoms with Crippen molar-refractivity contribution >= 4 is 27.6 Å². The van der Waals surface area contributed by atoms with Gasteiger partial charge < -0.3 is 10.8 Å². The third-order valence-electron chi connectivity index (χ3n) is 4.48. The largest absolute Gasteiger partial charge is 0.383 e. The lowest BCUT2D eigenvalue weighted by atomic mass is 10.1. The summed E-state index contributed by atoms with van der Waals surface area (Å²) in [6.45, 7) is -0.207. The number of hydrogen-bond donors (Lipinski definition) is 4. The Balaban J connectivity index is 1.61. The van der Waals surface area contributed by atoms with Gasteiger partial charge in [-0.3, -0.25) is 15.1 Å². The van der Waals surface area contributed by atoms with Crippen LogP contribution in [0.3, 0.4) is 0 Å². The van der Waals surface area contributed by atoms with Crippen molar-refractivity contribution in [3.8, 4) is 11.3 Å². The fourth-order valence-electron chi connectivity index (χ4n) is 3.10. The topological polar surface area (TPSA) is 118 Å². The van der Waals surface area contributed by atoms with E-state index in [0.29, 0.717) is 28.8 Å². The lowest BCUT2D eigenvalue weighted by molar-refractivity contribution is 0.0803. The molecule has 3 aromatic heterocycles. The molecule has 1 aromatic carbocycles. The maximum absolute atomic E-state index is 12.2. The number of H-pyrrole nitrogens is 1. The van der Waals surface area contributed by atoms with Crippen LogP contribution in [0.2, 0.25) is 0 Å². The maximum Gasteiger partial charge on any atom is 0.250 e. The Bertz CT molecular complexity index is 1090. The number of pyridine rings is 1. The number of alkyl halides is 2. The molecule has 0 saturated heterocycles. The normalized spacial score (nSPS) is 13.0. The molecule has 0 saturated carbocycles. The number of aliphatic hydroxyl groups excluding tert-OH is 1. The highest BCUT2D eigenvalue weighted by molar-refractivity contribution is 6.08. The molecule has 0 aliphatic carbocycles. The highest BCUT2D eigenvalue weighted by Crippen LogP contribution is 2.29. The van der Waals surface area contributed by atoms with Crippen LogP contribution in [0.4, 0.5) is 14.6 Å². The average Bonchev–Trinajstić information content (AvgIpc) is 3.34. The quantitative estimate of drug-likeness (QED) is 0.361. The summed E-state index contributed by atoms with van der Waals surface area (Å²) >= 11 is 0. The van der Waals surface area contributed by atoms with E-state index in [1.165, 1.54) is 0 Å². The average molecular weight is 387 g/mol. The lowest BCUT2D eigenvalue weighted by Gasteiger charge is -2.12. The minimum atomic E-state index is -2.51. The molecule has 4 aromatic rings. The fourth-order valence-corrected chi connectivity index (χ4v) is 3.10. The summed E-state index contributed by atoms with van der Waals surface area (Å²) < 4.78 is 26.0. The molecule has 28 heavy (non-hydrogen) atoms. The van der Waals surface area contributed by atoms with Crippen LogP contribution in [0.1, 0.15) is 6.42 Å². The highest BCUT2D eigenvalue weighted by atomic mass is 19.3. The molecule has 0 amide bonds. The molecule has 0 radical (unpaired) electrons. The fraction of sp³-hybridized carbons (Fsp3) is 0.278. The van der Waals surface area contributed by atoms with Crippen LogP contribution in [-0.2, 0) is 6.54 Å². The Morgan fingerprint density at radius 2 is 2.11 bits per heavy atom. The zero-order valence-electron chi connectivity index (χ0n) is 14.8. The summed E-state index contributed by atoms with van der Waals surface area (Å²) in [6.07, 6.45) is 0.114. The molecule has 4 rings (SSSR count). The van der Waals surface area contributed by atoms with Gasteiger partial charge in [-0.05, 0) is 18.2 Å². The second-order valence-corrected chi connectivity index (χ2v) is 6.46. The van der Waals surface area contributed by atoms with Crippen molar-refractivity contribution in [2.75, 3.05) is 12.3 Å². The van der Waals surface area contributed by atoms with Crippen molar-refractivity contribution in [2.24, 2.45) is 0 Å². The van der Waals surface area contributed by atoms with Crippen LogP contribution in [0, 0.1) is 0 Å². The molecule has 1 unspecified atom stereocenters. The standard InChI is InChI=1S/C18H19F2N7O/c19-15(20)8-22-16(28)4-6-27-9-12-17(26-27)11-2-1-10(13-3-5-23-25-13)7-14(11)24-18(12)21/h1-3,5,7,9,15-16,22,28H,4,6,8H2,(H2,21,24)(H,23,25). The summed E-state index contributed by atoms with van der Waals surface area (Å²) in [5, 5.41) is 25.1. The van der Waals surface area contributed by atoms with Gasteiger partial charge in [0.25, 0.3) is 6.43 Å². The van der Waals surface area contributed by atoms with E-state index in [1.54, 1.807) is 17.1 Å². The van der Waals surface area contributed by atoms with E-state index in [0.717, 1.165) is 16.6 Å². The molecule has 3 heterocycles. The van der Waals surface area contributed by atoms with Crippen molar-refractivity contribution in [3.05, 3.63) is 36.7 Å². The first-order valence-corrected chi connectivity index (χ1v) is 8.77. The number of fused-ring (bicyclic) bond motifs is 3. The molecule has 0 fully saturated rings. The van der Waals surface area contributed by atoms with Crippen LogP contribution < -0.4 is 11.1 Å². The minimum absolute atomic E-state index is 0.232. The third kappa shape index (κ3) is 3.64. The lowest BCUT2D eigenvalue weighted by Crippen LogP contribution is -2.33. The molecule has 0 aliphatic rings. The van der Waals surface area contributed by atoms with E-state index < -0.39 is 19.2 Å². The molecular weight excluding hydrogens is 368 g/mol. The van der Waals surface area contributed by atoms with Crippen LogP contribution in [-0.4, -0.2) is 49.3 Å². The van der Waals surface area contributed by atoms with Crippen LogP contribution >= 0.6 is 0 Å². The van der Waals surface area contributed by atoms with Gasteiger partial charge in [-0.2, -0.15) is 10.2 Å². The number of nitrogens with zero attached hydrogens (tertiary/aromatic N) is 4. The number of aromatic amines is 1. The number of hydrogen-bond acceptors (Lipinski definition) is 6. The molecule has 0 aliphatic heterocycles. The Morgan fingerprint density at radius 3 is 2.86 bits per heavy atom. The smallest absolute Gasteiger partial charge is 0.250 e. The zero-order valence-corrected chi connectivity index (χ0v) is 14.8. The SMILES string of the molecule is Nc1nc2cc(-c3ccn[nH]3)ccc2c2nn(CCC(O)NCC(F)F)cc12. The molecule has 5 N–H and O–H groups in total. The molecule has 0 spiro atoms. The number of aromatic nitrogens is 5. The van der Waals surface area contributed by atoms with Gasteiger partial charge in [0.1, 0.15) is 17.6 Å². The Hall–Kier alpha value is -3.11. The summed E-state index contributed by atoms with van der Waals surface area (Å²) in [5.74, 6) is 0.354. The number of benzene rings is 1. The highest BCUT2D eigenvalue weighted by Gasteiger charge is 2.13. The first-order valence-electron chi connectivity index (χ1n) is 8.77. The number of rotatable bonds is 7. The number of aryl methyl sites for hydroxylation is 1. The van der Waals surface area contributed by atoms with Gasteiger partial charge >= 0.3 is 0 Å². The number of nitrogens with two attached hydrogens (primary N) is 1. The Labute approximate surface area is 158 Å². The number of nitrogen functional groups attached to an aromatic ring is 1. The van der Waals surface area contributed by atoms with Crippen LogP contribution in [0.15, 0.2) is 36.7 Å². The molecule has 10 heteroatoms. The van der Waals surface area contributed by atoms with E-state index in [9.17, 15) is 13.9 Å².